The molecule has 38 heavy (non-hydrogen) atoms. The molecule has 0 saturated heterocycles. The van der Waals surface area contributed by atoms with Crippen molar-refractivity contribution in [3.8, 4) is 11.1 Å². The summed E-state index contributed by atoms with van der Waals surface area (Å²) in [4.78, 5) is 29.3. The maximum absolute atomic E-state index is 14.3. The number of halogens is 1. The first-order chi connectivity index (χ1) is 18.3. The van der Waals surface area contributed by atoms with E-state index in [1.54, 1.807) is 0 Å². The summed E-state index contributed by atoms with van der Waals surface area (Å²) in [5.41, 5.74) is 1.25. The molecule has 0 radical (unpaired) electrons. The monoisotopic (exact) mass is 515 g/mol. The third kappa shape index (κ3) is 4.31. The molecule has 0 aliphatic heterocycles. The molecule has 5 saturated carbocycles. The zero-order chi connectivity index (χ0) is 26.0. The lowest BCUT2D eigenvalue weighted by Crippen LogP contribution is -2.70. The van der Waals surface area contributed by atoms with Crippen LogP contribution in [0, 0.1) is 5.41 Å². The third-order valence-electron chi connectivity index (χ3n) is 9.04. The van der Waals surface area contributed by atoms with Gasteiger partial charge in [-0.25, -0.2) is 14.4 Å². The summed E-state index contributed by atoms with van der Waals surface area (Å²) in [7, 11) is 0. The van der Waals surface area contributed by atoms with Gasteiger partial charge in [-0.3, -0.25) is 4.79 Å². The van der Waals surface area contributed by atoms with Crippen LogP contribution in [0.2, 0.25) is 0 Å². The molecule has 0 unspecified atom stereocenters. The Labute approximate surface area is 222 Å². The maximum Gasteiger partial charge on any atom is 0.233 e. The van der Waals surface area contributed by atoms with Gasteiger partial charge in [0.25, 0.3) is 0 Å². The largest absolute Gasteiger partial charge is 0.339 e. The molecule has 0 atom stereocenters. The van der Waals surface area contributed by atoms with E-state index in [2.05, 4.69) is 27.0 Å². The van der Waals surface area contributed by atoms with Crippen molar-refractivity contribution in [1.29, 1.82) is 0 Å². The summed E-state index contributed by atoms with van der Waals surface area (Å²) in [6.45, 7) is 2.77. The summed E-state index contributed by atoms with van der Waals surface area (Å²) >= 11 is 0. The fraction of sp³-hybridized carbons (Fsp3) is 0.567. The van der Waals surface area contributed by atoms with Crippen molar-refractivity contribution < 1.29 is 13.7 Å². The van der Waals surface area contributed by atoms with E-state index in [1.165, 1.54) is 12.8 Å². The van der Waals surface area contributed by atoms with Gasteiger partial charge in [-0.05, 0) is 75.5 Å². The van der Waals surface area contributed by atoms with Gasteiger partial charge >= 0.3 is 0 Å². The van der Waals surface area contributed by atoms with Crippen LogP contribution in [0.4, 0.5) is 10.1 Å². The highest BCUT2D eigenvalue weighted by molar-refractivity contribution is 6.00. The second-order valence-corrected chi connectivity index (χ2v) is 12.5. The van der Waals surface area contributed by atoms with E-state index in [1.807, 2.05) is 41.6 Å². The van der Waals surface area contributed by atoms with Crippen molar-refractivity contribution in [1.82, 2.24) is 20.1 Å². The molecule has 1 aromatic carbocycles. The van der Waals surface area contributed by atoms with Gasteiger partial charge in [0.1, 0.15) is 11.5 Å². The summed E-state index contributed by atoms with van der Waals surface area (Å²) in [5, 5.41) is 4.15. The lowest BCUT2D eigenvalue weighted by Gasteiger charge is -2.65. The minimum atomic E-state index is -1.11. The fourth-order valence-corrected chi connectivity index (χ4v) is 6.15. The first kappa shape index (κ1) is 23.9. The summed E-state index contributed by atoms with van der Waals surface area (Å²) in [6.07, 6.45) is 12.9. The fourth-order valence-electron chi connectivity index (χ4n) is 6.15. The van der Waals surface area contributed by atoms with Gasteiger partial charge in [0.15, 0.2) is 5.82 Å². The zero-order valence-electron chi connectivity index (χ0n) is 22.0. The first-order valence-corrected chi connectivity index (χ1v) is 14.1. The number of unbranched alkanes of at least 4 members (excludes halogenated alkanes) is 2. The number of anilines is 1. The quantitative estimate of drug-likeness (QED) is 0.287. The van der Waals surface area contributed by atoms with E-state index in [0.717, 1.165) is 72.9 Å². The SMILES string of the molecule is CC1(c2nc(CCCCCN(C(=O)C34CC(F)(C3)C4)c3cccc(-c4cnc(C5CC5)nc4)c3)no2)CC1. The van der Waals surface area contributed by atoms with Crippen LogP contribution < -0.4 is 4.90 Å². The van der Waals surface area contributed by atoms with Crippen LogP contribution in [-0.4, -0.2) is 38.2 Å². The number of aromatic nitrogens is 4. The number of hydrogen-bond acceptors (Lipinski definition) is 6. The van der Waals surface area contributed by atoms with Crippen molar-refractivity contribution in [3.63, 3.8) is 0 Å². The topological polar surface area (TPSA) is 85.0 Å². The maximum atomic E-state index is 14.3. The molecular formula is C30H34FN5O2. The summed E-state index contributed by atoms with van der Waals surface area (Å²) in [5.74, 6) is 3.03. The van der Waals surface area contributed by atoms with Crippen LogP contribution in [0.3, 0.4) is 0 Å². The number of hydrogen-bond donors (Lipinski definition) is 0. The van der Waals surface area contributed by atoms with Crippen molar-refractivity contribution in [2.24, 2.45) is 5.41 Å². The minimum absolute atomic E-state index is 0.0648. The van der Waals surface area contributed by atoms with Crippen molar-refractivity contribution >= 4 is 11.6 Å². The summed E-state index contributed by atoms with van der Waals surface area (Å²) in [6, 6.07) is 8.03. The lowest BCUT2D eigenvalue weighted by atomic mass is 9.42. The molecule has 5 fully saturated rings. The number of rotatable bonds is 11. The van der Waals surface area contributed by atoms with Crippen LogP contribution in [0.5, 0.6) is 0 Å². The molecule has 8 rings (SSSR count). The van der Waals surface area contributed by atoms with Crippen LogP contribution in [-0.2, 0) is 16.6 Å². The molecule has 2 aromatic heterocycles. The molecule has 8 heteroatoms. The molecular weight excluding hydrogens is 481 g/mol. The van der Waals surface area contributed by atoms with Gasteiger partial charge in [-0.15, -0.1) is 0 Å². The minimum Gasteiger partial charge on any atom is -0.339 e. The molecule has 1 amide bonds. The Morgan fingerprint density at radius 2 is 1.84 bits per heavy atom. The molecule has 7 nitrogen and oxygen atoms in total. The van der Waals surface area contributed by atoms with E-state index in [0.29, 0.717) is 31.7 Å². The third-order valence-corrected chi connectivity index (χ3v) is 9.04. The first-order valence-electron chi connectivity index (χ1n) is 14.1. The van der Waals surface area contributed by atoms with Crippen molar-refractivity contribution in [2.45, 2.75) is 94.6 Å². The molecule has 198 valence electrons. The molecule has 2 heterocycles. The normalized spacial score (nSPS) is 26.4. The van der Waals surface area contributed by atoms with E-state index in [9.17, 15) is 9.18 Å². The standard InChI is InChI=1S/C30H34FN5O2/c1-28(11-12-28)26-34-24(35-38-26)8-3-2-4-13-36(27(37)29-17-30(31,18-29)19-29)23-7-5-6-21(14-23)22-15-32-25(33-16-22)20-9-10-20/h5-7,14-16,20H,2-4,8-13,17-19H2,1H3. The van der Waals surface area contributed by atoms with Gasteiger partial charge in [0.2, 0.25) is 11.8 Å². The second kappa shape index (κ2) is 8.68. The van der Waals surface area contributed by atoms with Gasteiger partial charge in [-0.2, -0.15) is 4.98 Å². The molecule has 5 aliphatic rings. The highest BCUT2D eigenvalue weighted by atomic mass is 19.1. The Morgan fingerprint density at radius 1 is 1.08 bits per heavy atom. The smallest absolute Gasteiger partial charge is 0.233 e. The Morgan fingerprint density at radius 3 is 2.53 bits per heavy atom. The average molecular weight is 516 g/mol. The Bertz CT molecular complexity index is 1340. The van der Waals surface area contributed by atoms with Crippen molar-refractivity contribution in [2.75, 3.05) is 11.4 Å². The number of nitrogens with zero attached hydrogens (tertiary/aromatic N) is 5. The van der Waals surface area contributed by atoms with E-state index >= 15 is 0 Å². The lowest BCUT2D eigenvalue weighted by molar-refractivity contribution is -0.211. The average Bonchev–Trinajstić information content (AvgIpc) is 3.82. The van der Waals surface area contributed by atoms with Gasteiger partial charge in [0.05, 0.1) is 5.41 Å². The van der Waals surface area contributed by atoms with Crippen LogP contribution in [0.15, 0.2) is 41.2 Å². The van der Waals surface area contributed by atoms with E-state index in [4.69, 9.17) is 4.52 Å². The van der Waals surface area contributed by atoms with Crippen molar-refractivity contribution in [3.05, 3.63) is 54.2 Å². The molecule has 2 bridgehead atoms. The van der Waals surface area contributed by atoms with Crippen LogP contribution >= 0.6 is 0 Å². The number of carbonyl (C=O) groups is 1. The Balaban J connectivity index is 1.02. The van der Waals surface area contributed by atoms with Gasteiger partial charge in [-0.1, -0.05) is 30.6 Å². The Hall–Kier alpha value is -3.16. The molecule has 3 aromatic rings. The van der Waals surface area contributed by atoms with Gasteiger partial charge < -0.3 is 9.42 Å². The zero-order valence-corrected chi connectivity index (χ0v) is 22.0. The van der Waals surface area contributed by atoms with Gasteiger partial charge in [0, 0.05) is 47.9 Å². The second-order valence-electron chi connectivity index (χ2n) is 12.5. The van der Waals surface area contributed by atoms with E-state index in [-0.39, 0.29) is 11.3 Å². The van der Waals surface area contributed by atoms with E-state index < -0.39 is 11.1 Å². The predicted molar refractivity (Wildman–Crippen MR) is 140 cm³/mol. The summed E-state index contributed by atoms with van der Waals surface area (Å²) < 4.78 is 19.8. The molecule has 5 aliphatic carbocycles. The Kier molecular flexibility index (Phi) is 5.46. The molecule has 0 N–H and O–H groups in total. The van der Waals surface area contributed by atoms with Crippen LogP contribution in [0.25, 0.3) is 11.1 Å². The number of carbonyl (C=O) groups excluding carboxylic acids is 1. The predicted octanol–water partition coefficient (Wildman–Crippen LogP) is 6.09. The number of amides is 1. The highest BCUT2D eigenvalue weighted by Gasteiger charge is 2.73. The highest BCUT2D eigenvalue weighted by Crippen LogP contribution is 2.70. The number of alkyl halides is 1. The number of aryl methyl sites for hydroxylation is 1. The molecule has 0 spiro atoms. The number of benzene rings is 1. The van der Waals surface area contributed by atoms with Crippen LogP contribution in [0.1, 0.15) is 94.6 Å².